The smallest absolute Gasteiger partial charge is 0.155 e. The van der Waals surface area contributed by atoms with Gasteiger partial charge in [0.05, 0.1) is 10.9 Å². The van der Waals surface area contributed by atoms with E-state index < -0.39 is 26.6 Å². The molecule has 0 saturated heterocycles. The Morgan fingerprint density at radius 3 is 2.42 bits per heavy atom. The van der Waals surface area contributed by atoms with Gasteiger partial charge in [-0.05, 0) is 31.5 Å². The molecule has 0 spiro atoms. The highest BCUT2D eigenvalue weighted by Gasteiger charge is 2.42. The minimum absolute atomic E-state index is 0.139. The van der Waals surface area contributed by atoms with Gasteiger partial charge in [-0.3, -0.25) is 0 Å². The van der Waals surface area contributed by atoms with E-state index in [-0.39, 0.29) is 6.54 Å². The largest absolute Gasteiger partial charge is 0.391 e. The number of rotatable bonds is 5. The Hall–Kier alpha value is -0.620. The summed E-state index contributed by atoms with van der Waals surface area (Å²) >= 11 is 5.91. The molecule has 0 radical (unpaired) electrons. The molecule has 108 valence electrons. The maximum absolute atomic E-state index is 11.8. The third kappa shape index (κ3) is 3.48. The van der Waals surface area contributed by atoms with Gasteiger partial charge in [-0.15, -0.1) is 0 Å². The molecule has 19 heavy (non-hydrogen) atoms. The molecule has 0 saturated carbocycles. The third-order valence-electron chi connectivity index (χ3n) is 3.58. The van der Waals surface area contributed by atoms with Crippen LogP contribution in [0.4, 0.5) is 0 Å². The molecule has 0 bridgehead atoms. The second-order valence-electron chi connectivity index (χ2n) is 5.22. The molecular weight excluding hydrogens is 286 g/mol. The zero-order valence-corrected chi connectivity index (χ0v) is 12.9. The summed E-state index contributed by atoms with van der Waals surface area (Å²) in [5.74, 6) is -0.483. The van der Waals surface area contributed by atoms with Crippen LogP contribution in [0.3, 0.4) is 0 Å². The number of benzene rings is 1. The number of hydrogen-bond donors (Lipinski definition) is 2. The fourth-order valence-corrected chi connectivity index (χ4v) is 2.69. The average molecular weight is 306 g/mol. The van der Waals surface area contributed by atoms with E-state index in [9.17, 15) is 13.5 Å². The molecule has 0 amide bonds. The molecule has 6 heteroatoms. The minimum Gasteiger partial charge on any atom is -0.391 e. The van der Waals surface area contributed by atoms with E-state index in [1.807, 2.05) is 0 Å². The maximum Gasteiger partial charge on any atom is 0.155 e. The Bertz CT molecular complexity index is 543. The summed E-state index contributed by atoms with van der Waals surface area (Å²) in [6.45, 7) is 3.14. The second kappa shape index (κ2) is 5.79. The van der Waals surface area contributed by atoms with Crippen LogP contribution in [0.1, 0.15) is 25.3 Å². The highest BCUT2D eigenvalue weighted by Crippen LogP contribution is 2.31. The van der Waals surface area contributed by atoms with Crippen molar-refractivity contribution in [2.75, 3.05) is 12.8 Å². The van der Waals surface area contributed by atoms with Gasteiger partial charge in [0.25, 0.3) is 0 Å². The molecule has 1 rings (SSSR count). The van der Waals surface area contributed by atoms with E-state index in [2.05, 4.69) is 0 Å². The van der Waals surface area contributed by atoms with Crippen molar-refractivity contribution in [2.45, 2.75) is 30.6 Å². The Balaban J connectivity index is 3.18. The Kier molecular flexibility index (Phi) is 5.01. The third-order valence-corrected chi connectivity index (χ3v) is 5.97. The lowest BCUT2D eigenvalue weighted by molar-refractivity contribution is 0.110. The first-order chi connectivity index (χ1) is 8.61. The topological polar surface area (TPSA) is 80.4 Å². The summed E-state index contributed by atoms with van der Waals surface area (Å²) in [5, 5.41) is 10.9. The molecule has 0 aliphatic heterocycles. The van der Waals surface area contributed by atoms with Crippen LogP contribution in [0.15, 0.2) is 24.3 Å². The van der Waals surface area contributed by atoms with Crippen molar-refractivity contribution in [3.63, 3.8) is 0 Å². The van der Waals surface area contributed by atoms with Crippen molar-refractivity contribution < 1.29 is 13.5 Å². The monoisotopic (exact) mass is 305 g/mol. The normalized spacial score (nSPS) is 16.1. The highest BCUT2D eigenvalue weighted by molar-refractivity contribution is 7.92. The quantitative estimate of drug-likeness (QED) is 0.865. The number of halogens is 1. The predicted molar refractivity (Wildman–Crippen MR) is 78.2 cm³/mol. The minimum atomic E-state index is -3.41. The second-order valence-corrected chi connectivity index (χ2v) is 8.25. The van der Waals surface area contributed by atoms with Crippen LogP contribution in [0.5, 0.6) is 0 Å². The summed E-state index contributed by atoms with van der Waals surface area (Å²) in [6, 6.07) is 6.94. The Morgan fingerprint density at radius 1 is 1.42 bits per heavy atom. The zero-order chi connectivity index (χ0) is 14.8. The molecule has 0 fully saturated rings. The van der Waals surface area contributed by atoms with E-state index in [1.54, 1.807) is 24.3 Å². The molecule has 2 unspecified atom stereocenters. The van der Waals surface area contributed by atoms with Gasteiger partial charge in [-0.1, -0.05) is 23.7 Å². The van der Waals surface area contributed by atoms with Gasteiger partial charge in [-0.2, -0.15) is 0 Å². The van der Waals surface area contributed by atoms with E-state index in [4.69, 9.17) is 17.3 Å². The fourth-order valence-electron chi connectivity index (χ4n) is 1.89. The van der Waals surface area contributed by atoms with Crippen molar-refractivity contribution in [1.29, 1.82) is 0 Å². The van der Waals surface area contributed by atoms with E-state index in [0.29, 0.717) is 5.02 Å². The van der Waals surface area contributed by atoms with Crippen LogP contribution in [-0.2, 0) is 9.84 Å². The van der Waals surface area contributed by atoms with Crippen LogP contribution in [0, 0.1) is 0 Å². The number of nitrogens with two attached hydrogens (primary N) is 1. The van der Waals surface area contributed by atoms with Gasteiger partial charge in [0.15, 0.2) is 9.84 Å². The van der Waals surface area contributed by atoms with Gasteiger partial charge >= 0.3 is 0 Å². The summed E-state index contributed by atoms with van der Waals surface area (Å²) in [5.41, 5.74) is 6.43. The first-order valence-electron chi connectivity index (χ1n) is 5.94. The molecule has 2 atom stereocenters. The van der Waals surface area contributed by atoms with Crippen molar-refractivity contribution in [2.24, 2.45) is 5.73 Å². The number of aliphatic hydroxyl groups is 1. The van der Waals surface area contributed by atoms with Gasteiger partial charge in [0.1, 0.15) is 0 Å². The lowest BCUT2D eigenvalue weighted by Crippen LogP contribution is -2.48. The first kappa shape index (κ1) is 16.4. The van der Waals surface area contributed by atoms with Crippen molar-refractivity contribution in [1.82, 2.24) is 0 Å². The number of sulfone groups is 1. The van der Waals surface area contributed by atoms with Crippen molar-refractivity contribution in [3.05, 3.63) is 34.9 Å². The van der Waals surface area contributed by atoms with Crippen molar-refractivity contribution >= 4 is 21.4 Å². The first-order valence-corrected chi connectivity index (χ1v) is 8.21. The molecule has 4 nitrogen and oxygen atoms in total. The van der Waals surface area contributed by atoms with Crippen molar-refractivity contribution in [3.8, 4) is 0 Å². The summed E-state index contributed by atoms with van der Waals surface area (Å²) in [7, 11) is -3.41. The van der Waals surface area contributed by atoms with Gasteiger partial charge in [-0.25, -0.2) is 8.42 Å². The molecule has 3 N–H and O–H groups in total. The fraction of sp³-hybridized carbons (Fsp3) is 0.538. The lowest BCUT2D eigenvalue weighted by atomic mass is 9.87. The molecule has 0 aliphatic rings. The highest BCUT2D eigenvalue weighted by atomic mass is 35.5. The SMILES string of the molecule is CC(C)(C(O)C(CN)c1cccc(Cl)c1)S(C)(=O)=O. The van der Waals surface area contributed by atoms with Gasteiger partial charge < -0.3 is 10.8 Å². The molecular formula is C13H20ClNO3S. The standard InChI is InChI=1S/C13H20ClNO3S/c1-13(2,19(3,17)18)12(16)11(8-15)9-5-4-6-10(14)7-9/h4-7,11-12,16H,8,15H2,1-3H3. The molecule has 0 aliphatic carbocycles. The Morgan fingerprint density at radius 2 is 2.00 bits per heavy atom. The number of aliphatic hydroxyl groups excluding tert-OH is 1. The summed E-state index contributed by atoms with van der Waals surface area (Å²) in [4.78, 5) is 0. The molecule has 0 heterocycles. The van der Waals surface area contributed by atoms with E-state index in [1.165, 1.54) is 13.8 Å². The van der Waals surface area contributed by atoms with Crippen LogP contribution in [0.2, 0.25) is 5.02 Å². The number of hydrogen-bond acceptors (Lipinski definition) is 4. The molecule has 0 aromatic heterocycles. The molecule has 1 aromatic rings. The zero-order valence-electron chi connectivity index (χ0n) is 11.3. The average Bonchev–Trinajstić information content (AvgIpc) is 2.28. The van der Waals surface area contributed by atoms with Crippen LogP contribution in [-0.4, -0.2) is 37.2 Å². The van der Waals surface area contributed by atoms with E-state index >= 15 is 0 Å². The van der Waals surface area contributed by atoms with Crippen LogP contribution >= 0.6 is 11.6 Å². The maximum atomic E-state index is 11.8. The summed E-state index contributed by atoms with van der Waals surface area (Å²) < 4.78 is 22.3. The lowest BCUT2D eigenvalue weighted by Gasteiger charge is -2.34. The molecule has 1 aromatic carbocycles. The summed E-state index contributed by atoms with van der Waals surface area (Å²) in [6.07, 6.45) is 0.00728. The Labute approximate surface area is 119 Å². The van der Waals surface area contributed by atoms with Gasteiger partial charge in [0.2, 0.25) is 0 Å². The van der Waals surface area contributed by atoms with Gasteiger partial charge in [0, 0.05) is 23.7 Å². The van der Waals surface area contributed by atoms with Crippen LogP contribution in [0.25, 0.3) is 0 Å². The van der Waals surface area contributed by atoms with E-state index in [0.717, 1.165) is 11.8 Å². The van der Waals surface area contributed by atoms with Crippen LogP contribution < -0.4 is 5.73 Å². The predicted octanol–water partition coefficient (Wildman–Crippen LogP) is 1.57.